The fraction of sp³-hybridized carbons (Fsp3) is 0.773. The first-order chi connectivity index (χ1) is 18.5. The van der Waals surface area contributed by atoms with E-state index in [9.17, 15) is 39.3 Å². The fourth-order valence-electron chi connectivity index (χ4n) is 4.04. The molecule has 0 aromatic rings. The molecule has 0 amide bonds. The first-order valence-corrected chi connectivity index (χ1v) is 12.4. The van der Waals surface area contributed by atoms with Crippen molar-refractivity contribution in [3.05, 3.63) is 0 Å². The summed E-state index contributed by atoms with van der Waals surface area (Å²) in [5, 5.41) is 30.6. The van der Waals surface area contributed by atoms with Gasteiger partial charge in [-0.1, -0.05) is 23.2 Å². The Morgan fingerprint density at radius 1 is 0.800 bits per heavy atom. The normalized spacial score (nSPS) is 34.0. The number of hydrogen-bond donors (Lipinski definition) is 3. The molecule has 3 N–H and O–H groups in total. The van der Waals surface area contributed by atoms with Crippen molar-refractivity contribution in [3.8, 4) is 0 Å². The van der Waals surface area contributed by atoms with Gasteiger partial charge in [0, 0.05) is 34.6 Å². The van der Waals surface area contributed by atoms with Crippen LogP contribution in [0.5, 0.6) is 0 Å². The summed E-state index contributed by atoms with van der Waals surface area (Å²) in [6, 6.07) is 0. The zero-order chi connectivity index (χ0) is 30.6. The van der Waals surface area contributed by atoms with Gasteiger partial charge in [0.15, 0.2) is 12.2 Å². The monoisotopic (exact) mass is 620 g/mol. The second-order valence-electron chi connectivity index (χ2n) is 8.74. The van der Waals surface area contributed by atoms with Crippen LogP contribution in [0.2, 0.25) is 0 Å². The van der Waals surface area contributed by atoms with Crippen LogP contribution in [0.3, 0.4) is 0 Å². The Morgan fingerprint density at radius 3 is 1.82 bits per heavy atom. The predicted molar refractivity (Wildman–Crippen MR) is 126 cm³/mol. The van der Waals surface area contributed by atoms with Gasteiger partial charge in [-0.3, -0.25) is 24.0 Å². The Labute approximate surface area is 237 Å². The molecule has 0 unspecified atom stereocenters. The highest BCUT2D eigenvalue weighted by Gasteiger charge is 2.73. The number of ether oxygens (including phenoxy) is 8. The molecule has 2 aliphatic heterocycles. The number of carbonyl (C=O) groups is 5. The molecule has 0 aromatic heterocycles. The molecule has 9 atom stereocenters. The van der Waals surface area contributed by atoms with Crippen LogP contribution >= 0.6 is 23.2 Å². The summed E-state index contributed by atoms with van der Waals surface area (Å²) in [7, 11) is 0. The smallest absolute Gasteiger partial charge is 0.319 e. The third-order valence-corrected chi connectivity index (χ3v) is 6.19. The van der Waals surface area contributed by atoms with E-state index in [0.717, 1.165) is 34.6 Å². The van der Waals surface area contributed by atoms with Crippen LogP contribution in [0.4, 0.5) is 0 Å². The van der Waals surface area contributed by atoms with Crippen molar-refractivity contribution in [2.45, 2.75) is 93.9 Å². The lowest BCUT2D eigenvalue weighted by Crippen LogP contribution is -2.67. The number of carbonyl (C=O) groups excluding carboxylic acids is 5. The van der Waals surface area contributed by atoms with E-state index in [0.29, 0.717) is 0 Å². The Hall–Kier alpha value is -2.31. The SMILES string of the molecule is CC(=O)OC[C@H]1O[C@](O[C@H]2O[C@H](CO)[C@@H](O)[C@H](O)[C@H]2OC(C)=O)(C(Cl)(Cl)OC(C)=O)[C@@H](OC(C)=O)[C@@H]1OC(C)=O. The predicted octanol–water partition coefficient (Wildman–Crippen LogP) is -1.41. The lowest BCUT2D eigenvalue weighted by atomic mass is 9.98. The van der Waals surface area contributed by atoms with Crippen molar-refractivity contribution in [1.82, 2.24) is 0 Å². The number of aliphatic hydroxyl groups is 3. The molecule has 2 saturated heterocycles. The summed E-state index contributed by atoms with van der Waals surface area (Å²) in [5.41, 5.74) is 0. The van der Waals surface area contributed by atoms with Crippen molar-refractivity contribution < 1.29 is 77.2 Å². The maximum atomic E-state index is 12.2. The number of esters is 5. The quantitative estimate of drug-likeness (QED) is 0.145. The first-order valence-electron chi connectivity index (χ1n) is 11.7. The van der Waals surface area contributed by atoms with Gasteiger partial charge >= 0.3 is 34.4 Å². The van der Waals surface area contributed by atoms with Gasteiger partial charge in [0.1, 0.15) is 31.0 Å². The third kappa shape index (κ3) is 7.70. The summed E-state index contributed by atoms with van der Waals surface area (Å²) in [4.78, 5) is 59.5. The molecule has 0 aromatic carbocycles. The maximum absolute atomic E-state index is 12.2. The molecule has 18 heteroatoms. The zero-order valence-electron chi connectivity index (χ0n) is 21.9. The highest BCUT2D eigenvalue weighted by Crippen LogP contribution is 2.51. The minimum Gasteiger partial charge on any atom is -0.463 e. The molecule has 0 saturated carbocycles. The minimum absolute atomic E-state index is 0.667. The van der Waals surface area contributed by atoms with E-state index in [4.69, 9.17) is 61.1 Å². The Morgan fingerprint density at radius 2 is 1.35 bits per heavy atom. The van der Waals surface area contributed by atoms with Crippen LogP contribution in [0, 0.1) is 0 Å². The van der Waals surface area contributed by atoms with E-state index in [2.05, 4.69) is 0 Å². The molecule has 2 fully saturated rings. The van der Waals surface area contributed by atoms with Gasteiger partial charge < -0.3 is 53.2 Å². The minimum atomic E-state index is -3.00. The molecular formula is C22H30Cl2O16. The molecule has 228 valence electrons. The Bertz CT molecular complexity index is 974. The van der Waals surface area contributed by atoms with Gasteiger partial charge in [0.05, 0.1) is 6.61 Å². The van der Waals surface area contributed by atoms with Crippen molar-refractivity contribution in [1.29, 1.82) is 0 Å². The van der Waals surface area contributed by atoms with Crippen LogP contribution in [-0.4, -0.2) is 118 Å². The molecule has 0 aliphatic carbocycles. The highest BCUT2D eigenvalue weighted by atomic mass is 35.5. The largest absolute Gasteiger partial charge is 0.463 e. The number of rotatable bonds is 10. The summed E-state index contributed by atoms with van der Waals surface area (Å²) in [6.07, 6.45) is -14.4. The van der Waals surface area contributed by atoms with Gasteiger partial charge in [-0.05, 0) is 0 Å². The molecule has 0 spiro atoms. The van der Waals surface area contributed by atoms with Crippen LogP contribution in [0.15, 0.2) is 0 Å². The van der Waals surface area contributed by atoms with E-state index in [-0.39, 0.29) is 0 Å². The van der Waals surface area contributed by atoms with E-state index >= 15 is 0 Å². The van der Waals surface area contributed by atoms with Crippen LogP contribution in [0.25, 0.3) is 0 Å². The second kappa shape index (κ2) is 13.6. The summed E-state index contributed by atoms with van der Waals surface area (Å²) < 4.78 is 39.8. The molecular weight excluding hydrogens is 591 g/mol. The lowest BCUT2D eigenvalue weighted by molar-refractivity contribution is -0.393. The Kier molecular flexibility index (Phi) is 11.5. The number of hydrogen-bond acceptors (Lipinski definition) is 16. The number of halogens is 2. The molecule has 2 rings (SSSR count). The summed E-state index contributed by atoms with van der Waals surface area (Å²) >= 11 is 12.8. The average molecular weight is 621 g/mol. The van der Waals surface area contributed by atoms with Gasteiger partial charge in [-0.25, -0.2) is 0 Å². The molecule has 2 heterocycles. The maximum Gasteiger partial charge on any atom is 0.319 e. The van der Waals surface area contributed by atoms with Crippen LogP contribution in [0.1, 0.15) is 34.6 Å². The standard InChI is InChI=1S/C22H30Cl2O16/c1-8(26)33-7-14-17(34-9(2)27)19(36-11(4)29)21(39-14,22(23,24)38-12(5)30)40-20-18(35-10(3)28)16(32)15(31)13(6-25)37-20/h13-20,25,31-32H,6-7H2,1-5H3/t13-,14-,15-,16+,17-,18-,19+,20-,21-/m1/s1. The average Bonchev–Trinajstić information content (AvgIpc) is 3.08. The van der Waals surface area contributed by atoms with E-state index in [1.54, 1.807) is 0 Å². The van der Waals surface area contributed by atoms with Gasteiger partial charge in [0.2, 0.25) is 12.4 Å². The van der Waals surface area contributed by atoms with Crippen LogP contribution in [-0.2, 0) is 61.9 Å². The van der Waals surface area contributed by atoms with Gasteiger partial charge in [-0.15, -0.1) is 0 Å². The summed E-state index contributed by atoms with van der Waals surface area (Å²) in [5.74, 6) is -7.82. The zero-order valence-corrected chi connectivity index (χ0v) is 23.4. The molecule has 40 heavy (non-hydrogen) atoms. The lowest BCUT2D eigenvalue weighted by Gasteiger charge is -2.47. The summed E-state index contributed by atoms with van der Waals surface area (Å²) in [6.45, 7) is 3.27. The van der Waals surface area contributed by atoms with E-state index < -0.39 is 102 Å². The van der Waals surface area contributed by atoms with E-state index in [1.165, 1.54) is 0 Å². The third-order valence-electron chi connectivity index (χ3n) is 5.51. The number of aliphatic hydroxyl groups excluding tert-OH is 3. The van der Waals surface area contributed by atoms with E-state index in [1.807, 2.05) is 0 Å². The molecule has 2 aliphatic rings. The molecule has 16 nitrogen and oxygen atoms in total. The topological polar surface area (TPSA) is 220 Å². The fourth-order valence-corrected chi connectivity index (χ4v) is 4.65. The van der Waals surface area contributed by atoms with Crippen molar-refractivity contribution in [3.63, 3.8) is 0 Å². The van der Waals surface area contributed by atoms with Crippen molar-refractivity contribution in [2.24, 2.45) is 0 Å². The molecule has 0 radical (unpaired) electrons. The van der Waals surface area contributed by atoms with Crippen molar-refractivity contribution >= 4 is 53.0 Å². The highest BCUT2D eigenvalue weighted by molar-refractivity contribution is 6.48. The Balaban J connectivity index is 2.76. The van der Waals surface area contributed by atoms with Gasteiger partial charge in [-0.2, -0.15) is 0 Å². The van der Waals surface area contributed by atoms with Crippen molar-refractivity contribution in [2.75, 3.05) is 13.2 Å². The second-order valence-corrected chi connectivity index (χ2v) is 10.00. The molecule has 0 bridgehead atoms. The number of alkyl halides is 2. The van der Waals surface area contributed by atoms with Gasteiger partial charge in [0.25, 0.3) is 5.79 Å². The van der Waals surface area contributed by atoms with Crippen LogP contribution < -0.4 is 0 Å². The first kappa shape index (κ1) is 33.9.